The molecule has 19 heavy (non-hydrogen) atoms. The van der Waals surface area contributed by atoms with E-state index in [4.69, 9.17) is 34.8 Å². The van der Waals surface area contributed by atoms with Crippen molar-refractivity contribution < 1.29 is 0 Å². The van der Waals surface area contributed by atoms with Gasteiger partial charge in [0.05, 0.1) is 12.0 Å². The van der Waals surface area contributed by atoms with Crippen LogP contribution in [0.1, 0.15) is 17.0 Å². The molecule has 0 aromatic heterocycles. The summed E-state index contributed by atoms with van der Waals surface area (Å²) in [7, 11) is 0. The molecule has 1 unspecified atom stereocenters. The molecule has 0 saturated heterocycles. The van der Waals surface area contributed by atoms with Crippen molar-refractivity contribution in [2.75, 3.05) is 0 Å². The van der Waals surface area contributed by atoms with Gasteiger partial charge in [0.15, 0.2) is 0 Å². The van der Waals surface area contributed by atoms with Crippen molar-refractivity contribution >= 4 is 34.8 Å². The molecule has 0 radical (unpaired) electrons. The molecule has 0 aliphatic carbocycles. The lowest BCUT2D eigenvalue weighted by molar-refractivity contribution is 0.849. The molecule has 4 heteroatoms. The number of hydrogen-bond donors (Lipinski definition) is 0. The smallest absolute Gasteiger partial charge is 0.0767 e. The maximum atomic E-state index is 9.33. The van der Waals surface area contributed by atoms with Crippen molar-refractivity contribution in [3.8, 4) is 6.07 Å². The molecule has 0 spiro atoms. The molecule has 0 fully saturated rings. The summed E-state index contributed by atoms with van der Waals surface area (Å²) >= 11 is 18.1. The van der Waals surface area contributed by atoms with Crippen molar-refractivity contribution in [3.63, 3.8) is 0 Å². The van der Waals surface area contributed by atoms with Gasteiger partial charge in [0, 0.05) is 15.1 Å². The van der Waals surface area contributed by atoms with Crippen LogP contribution < -0.4 is 0 Å². The van der Waals surface area contributed by atoms with Crippen LogP contribution in [-0.2, 0) is 6.42 Å². The minimum Gasteiger partial charge on any atom is -0.198 e. The van der Waals surface area contributed by atoms with Gasteiger partial charge in [-0.15, -0.1) is 0 Å². The standard InChI is InChI=1S/C15H10Cl3N/c16-12-6-5-10(15(18)8-12)7-11(9-19)13-3-1-2-4-14(13)17/h1-6,8,11H,7H2. The second-order valence-electron chi connectivity index (χ2n) is 4.14. The molecule has 2 aromatic rings. The Labute approximate surface area is 127 Å². The highest BCUT2D eigenvalue weighted by atomic mass is 35.5. The zero-order chi connectivity index (χ0) is 13.8. The van der Waals surface area contributed by atoms with Gasteiger partial charge in [0.1, 0.15) is 0 Å². The zero-order valence-corrected chi connectivity index (χ0v) is 12.2. The lowest BCUT2D eigenvalue weighted by Gasteiger charge is -2.12. The van der Waals surface area contributed by atoms with Crippen LogP contribution in [0, 0.1) is 11.3 Å². The number of hydrogen-bond acceptors (Lipinski definition) is 1. The largest absolute Gasteiger partial charge is 0.198 e. The summed E-state index contributed by atoms with van der Waals surface area (Å²) in [6, 6.07) is 14.9. The first-order valence-electron chi connectivity index (χ1n) is 5.70. The van der Waals surface area contributed by atoms with E-state index in [1.54, 1.807) is 18.2 Å². The summed E-state index contributed by atoms with van der Waals surface area (Å²) in [5, 5.41) is 11.1. The molecular formula is C15H10Cl3N. The van der Waals surface area contributed by atoms with Gasteiger partial charge in [-0.25, -0.2) is 0 Å². The third kappa shape index (κ3) is 3.42. The predicted molar refractivity (Wildman–Crippen MR) is 80.0 cm³/mol. The van der Waals surface area contributed by atoms with E-state index in [2.05, 4.69) is 6.07 Å². The normalized spacial score (nSPS) is 11.9. The minimum atomic E-state index is -0.327. The minimum absolute atomic E-state index is 0.327. The topological polar surface area (TPSA) is 23.8 Å². The fourth-order valence-electron chi connectivity index (χ4n) is 1.89. The third-order valence-electron chi connectivity index (χ3n) is 2.88. The van der Waals surface area contributed by atoms with Gasteiger partial charge in [0.25, 0.3) is 0 Å². The average Bonchev–Trinajstić information content (AvgIpc) is 2.39. The molecule has 0 aliphatic rings. The van der Waals surface area contributed by atoms with Gasteiger partial charge >= 0.3 is 0 Å². The van der Waals surface area contributed by atoms with Crippen molar-refractivity contribution in [2.45, 2.75) is 12.3 Å². The van der Waals surface area contributed by atoms with Gasteiger partial charge in [-0.1, -0.05) is 59.1 Å². The van der Waals surface area contributed by atoms with Crippen molar-refractivity contribution in [1.29, 1.82) is 5.26 Å². The molecule has 0 bridgehead atoms. The Morgan fingerprint density at radius 3 is 2.37 bits per heavy atom. The van der Waals surface area contributed by atoms with Gasteiger partial charge in [0.2, 0.25) is 0 Å². The van der Waals surface area contributed by atoms with E-state index < -0.39 is 0 Å². The quantitative estimate of drug-likeness (QED) is 0.734. The molecule has 1 atom stereocenters. The number of nitrogens with zero attached hydrogens (tertiary/aromatic N) is 1. The van der Waals surface area contributed by atoms with Gasteiger partial charge in [-0.05, 0) is 35.7 Å². The van der Waals surface area contributed by atoms with E-state index in [9.17, 15) is 5.26 Å². The van der Waals surface area contributed by atoms with Crippen LogP contribution in [0.2, 0.25) is 15.1 Å². The fraction of sp³-hybridized carbons (Fsp3) is 0.133. The van der Waals surface area contributed by atoms with Gasteiger partial charge in [-0.3, -0.25) is 0 Å². The predicted octanol–water partition coefficient (Wildman–Crippen LogP) is 5.50. The molecule has 96 valence electrons. The maximum Gasteiger partial charge on any atom is 0.0767 e. The Hall–Kier alpha value is -1.20. The maximum absolute atomic E-state index is 9.33. The highest BCUT2D eigenvalue weighted by Crippen LogP contribution is 2.30. The molecule has 1 nitrogen and oxygen atoms in total. The highest BCUT2D eigenvalue weighted by molar-refractivity contribution is 6.35. The molecular weight excluding hydrogens is 301 g/mol. The lowest BCUT2D eigenvalue weighted by Crippen LogP contribution is -2.01. The summed E-state index contributed by atoms with van der Waals surface area (Å²) in [4.78, 5) is 0. The van der Waals surface area contributed by atoms with Crippen LogP contribution in [0.3, 0.4) is 0 Å². The Bertz CT molecular complexity index is 632. The first kappa shape index (κ1) is 14.2. The molecule has 2 aromatic carbocycles. The molecule has 0 N–H and O–H groups in total. The summed E-state index contributed by atoms with van der Waals surface area (Å²) in [5.74, 6) is -0.327. The van der Waals surface area contributed by atoms with Crippen LogP contribution in [0.25, 0.3) is 0 Å². The Morgan fingerprint density at radius 1 is 1.00 bits per heavy atom. The highest BCUT2D eigenvalue weighted by Gasteiger charge is 2.16. The fourth-order valence-corrected chi connectivity index (χ4v) is 2.64. The van der Waals surface area contributed by atoms with E-state index in [0.29, 0.717) is 21.5 Å². The second kappa shape index (κ2) is 6.30. The molecule has 0 saturated carbocycles. The Kier molecular flexibility index (Phi) is 4.71. The first-order chi connectivity index (χ1) is 9.11. The average molecular weight is 311 g/mol. The lowest BCUT2D eigenvalue weighted by atomic mass is 9.93. The van der Waals surface area contributed by atoms with Gasteiger partial charge in [-0.2, -0.15) is 5.26 Å². The van der Waals surface area contributed by atoms with E-state index in [0.717, 1.165) is 11.1 Å². The molecule has 0 aliphatic heterocycles. The monoisotopic (exact) mass is 309 g/mol. The number of benzene rings is 2. The summed E-state index contributed by atoms with van der Waals surface area (Å²) < 4.78 is 0. The van der Waals surface area contributed by atoms with Crippen LogP contribution in [-0.4, -0.2) is 0 Å². The van der Waals surface area contributed by atoms with Crippen molar-refractivity contribution in [1.82, 2.24) is 0 Å². The van der Waals surface area contributed by atoms with Crippen LogP contribution >= 0.6 is 34.8 Å². The number of rotatable bonds is 3. The SMILES string of the molecule is N#CC(Cc1ccc(Cl)cc1Cl)c1ccccc1Cl. The summed E-state index contributed by atoms with van der Waals surface area (Å²) in [6.45, 7) is 0. The second-order valence-corrected chi connectivity index (χ2v) is 5.39. The van der Waals surface area contributed by atoms with Crippen LogP contribution in [0.15, 0.2) is 42.5 Å². The molecule has 0 heterocycles. The first-order valence-corrected chi connectivity index (χ1v) is 6.83. The van der Waals surface area contributed by atoms with E-state index in [1.807, 2.05) is 24.3 Å². The molecule has 2 rings (SSSR count). The van der Waals surface area contributed by atoms with Crippen LogP contribution in [0.4, 0.5) is 0 Å². The van der Waals surface area contributed by atoms with Crippen molar-refractivity contribution in [3.05, 3.63) is 68.7 Å². The Balaban J connectivity index is 2.30. The number of halogens is 3. The third-order valence-corrected chi connectivity index (χ3v) is 3.81. The van der Waals surface area contributed by atoms with Gasteiger partial charge < -0.3 is 0 Å². The molecule has 0 amide bonds. The zero-order valence-electron chi connectivity index (χ0n) is 9.91. The summed E-state index contributed by atoms with van der Waals surface area (Å²) in [5.41, 5.74) is 1.70. The Morgan fingerprint density at radius 2 is 1.74 bits per heavy atom. The number of nitriles is 1. The van der Waals surface area contributed by atoms with Crippen molar-refractivity contribution in [2.24, 2.45) is 0 Å². The van der Waals surface area contributed by atoms with E-state index in [-0.39, 0.29) is 5.92 Å². The van der Waals surface area contributed by atoms with E-state index >= 15 is 0 Å². The van der Waals surface area contributed by atoms with E-state index in [1.165, 1.54) is 0 Å². The van der Waals surface area contributed by atoms with Crippen LogP contribution in [0.5, 0.6) is 0 Å². The summed E-state index contributed by atoms with van der Waals surface area (Å²) in [6.07, 6.45) is 0.510.